The minimum atomic E-state index is 0.462. The SMILES string of the molecule is COc1ccc(CN=C(N)NCCSC)cc1OC. The van der Waals surface area contributed by atoms with Crippen LogP contribution in [0.25, 0.3) is 0 Å². The van der Waals surface area contributed by atoms with Gasteiger partial charge in [-0.3, -0.25) is 0 Å². The molecule has 0 amide bonds. The zero-order chi connectivity index (χ0) is 14.1. The van der Waals surface area contributed by atoms with Crippen molar-refractivity contribution in [3.8, 4) is 11.5 Å². The third-order valence-electron chi connectivity index (χ3n) is 2.49. The van der Waals surface area contributed by atoms with E-state index >= 15 is 0 Å². The van der Waals surface area contributed by atoms with Gasteiger partial charge < -0.3 is 20.5 Å². The summed E-state index contributed by atoms with van der Waals surface area (Å²) in [7, 11) is 3.23. The molecule has 0 aliphatic carbocycles. The van der Waals surface area contributed by atoms with E-state index in [1.54, 1.807) is 26.0 Å². The summed E-state index contributed by atoms with van der Waals surface area (Å²) in [5, 5.41) is 3.06. The molecule has 0 fully saturated rings. The zero-order valence-corrected chi connectivity index (χ0v) is 12.4. The maximum absolute atomic E-state index is 5.76. The summed E-state index contributed by atoms with van der Waals surface area (Å²) in [6.45, 7) is 1.33. The highest BCUT2D eigenvalue weighted by atomic mass is 32.2. The van der Waals surface area contributed by atoms with E-state index in [2.05, 4.69) is 16.6 Å². The van der Waals surface area contributed by atoms with Crippen LogP contribution in [0.15, 0.2) is 23.2 Å². The Labute approximate surface area is 118 Å². The number of methoxy groups -OCH3 is 2. The molecule has 0 spiro atoms. The molecule has 1 aromatic carbocycles. The Balaban J connectivity index is 2.59. The van der Waals surface area contributed by atoms with Gasteiger partial charge in [-0.05, 0) is 24.0 Å². The lowest BCUT2D eigenvalue weighted by Crippen LogP contribution is -2.33. The van der Waals surface area contributed by atoms with Gasteiger partial charge in [0.2, 0.25) is 0 Å². The van der Waals surface area contributed by atoms with Gasteiger partial charge in [0.15, 0.2) is 17.5 Å². The van der Waals surface area contributed by atoms with Crippen molar-refractivity contribution in [2.75, 3.05) is 32.8 Å². The highest BCUT2D eigenvalue weighted by molar-refractivity contribution is 7.98. The number of nitrogens with two attached hydrogens (primary N) is 1. The van der Waals surface area contributed by atoms with Gasteiger partial charge in [0, 0.05) is 12.3 Å². The van der Waals surface area contributed by atoms with E-state index in [4.69, 9.17) is 15.2 Å². The number of hydrogen-bond acceptors (Lipinski definition) is 4. The topological polar surface area (TPSA) is 68.9 Å². The van der Waals surface area contributed by atoms with E-state index in [0.29, 0.717) is 24.0 Å². The molecule has 1 rings (SSSR count). The van der Waals surface area contributed by atoms with E-state index in [0.717, 1.165) is 17.9 Å². The van der Waals surface area contributed by atoms with Crippen LogP contribution in [-0.4, -0.2) is 38.7 Å². The van der Waals surface area contributed by atoms with Crippen LogP contribution in [-0.2, 0) is 6.54 Å². The summed E-state index contributed by atoms with van der Waals surface area (Å²) < 4.78 is 10.4. The largest absolute Gasteiger partial charge is 0.493 e. The van der Waals surface area contributed by atoms with Gasteiger partial charge in [-0.15, -0.1) is 0 Å². The average molecular weight is 283 g/mol. The molecule has 0 saturated heterocycles. The first kappa shape index (κ1) is 15.5. The summed E-state index contributed by atoms with van der Waals surface area (Å²) in [4.78, 5) is 4.27. The number of nitrogens with zero attached hydrogens (tertiary/aromatic N) is 1. The minimum absolute atomic E-state index is 0.462. The molecule has 0 radical (unpaired) electrons. The Hall–Kier alpha value is -1.56. The van der Waals surface area contributed by atoms with Crippen LogP contribution in [0.3, 0.4) is 0 Å². The summed E-state index contributed by atoms with van der Waals surface area (Å²) >= 11 is 1.76. The quantitative estimate of drug-likeness (QED) is 0.450. The molecule has 0 heterocycles. The van der Waals surface area contributed by atoms with Crippen molar-refractivity contribution < 1.29 is 9.47 Å². The van der Waals surface area contributed by atoms with Crippen LogP contribution < -0.4 is 20.5 Å². The fourth-order valence-corrected chi connectivity index (χ4v) is 1.80. The molecule has 0 aliphatic rings. The highest BCUT2D eigenvalue weighted by Gasteiger charge is 2.04. The summed E-state index contributed by atoms with van der Waals surface area (Å²) in [6.07, 6.45) is 2.05. The Kier molecular flexibility index (Phi) is 6.95. The zero-order valence-electron chi connectivity index (χ0n) is 11.6. The van der Waals surface area contributed by atoms with Gasteiger partial charge in [0.1, 0.15) is 0 Å². The smallest absolute Gasteiger partial charge is 0.188 e. The average Bonchev–Trinajstić information content (AvgIpc) is 2.45. The maximum atomic E-state index is 5.76. The van der Waals surface area contributed by atoms with Crippen LogP contribution in [0.2, 0.25) is 0 Å². The Morgan fingerprint density at radius 2 is 2.05 bits per heavy atom. The molecule has 0 aromatic heterocycles. The molecule has 0 atom stereocenters. The van der Waals surface area contributed by atoms with Crippen molar-refractivity contribution in [2.24, 2.45) is 10.7 Å². The highest BCUT2D eigenvalue weighted by Crippen LogP contribution is 2.27. The van der Waals surface area contributed by atoms with Crippen molar-refractivity contribution in [3.63, 3.8) is 0 Å². The van der Waals surface area contributed by atoms with Crippen molar-refractivity contribution >= 4 is 17.7 Å². The molecule has 1 aromatic rings. The van der Waals surface area contributed by atoms with E-state index < -0.39 is 0 Å². The number of rotatable bonds is 7. The number of guanidine groups is 1. The van der Waals surface area contributed by atoms with Gasteiger partial charge in [0.05, 0.1) is 20.8 Å². The van der Waals surface area contributed by atoms with Crippen molar-refractivity contribution in [2.45, 2.75) is 6.54 Å². The van der Waals surface area contributed by atoms with Crippen LogP contribution in [0.4, 0.5) is 0 Å². The van der Waals surface area contributed by atoms with Crippen LogP contribution in [0.5, 0.6) is 11.5 Å². The Morgan fingerprint density at radius 1 is 1.32 bits per heavy atom. The number of nitrogens with one attached hydrogen (secondary N) is 1. The summed E-state index contributed by atoms with van der Waals surface area (Å²) in [5.41, 5.74) is 6.78. The second kappa shape index (κ2) is 8.53. The molecule has 0 bridgehead atoms. The molecule has 106 valence electrons. The van der Waals surface area contributed by atoms with Crippen LogP contribution >= 0.6 is 11.8 Å². The molecule has 6 heteroatoms. The first-order valence-corrected chi connectivity index (χ1v) is 7.34. The Bertz CT molecular complexity index is 424. The third kappa shape index (κ3) is 5.30. The molecular formula is C13H21N3O2S. The molecule has 3 N–H and O–H groups in total. The van der Waals surface area contributed by atoms with Gasteiger partial charge in [0.25, 0.3) is 0 Å². The fourth-order valence-electron chi connectivity index (χ4n) is 1.49. The van der Waals surface area contributed by atoms with Crippen molar-refractivity contribution in [3.05, 3.63) is 23.8 Å². The first-order valence-electron chi connectivity index (χ1n) is 5.95. The second-order valence-electron chi connectivity index (χ2n) is 3.81. The fraction of sp³-hybridized carbons (Fsp3) is 0.462. The van der Waals surface area contributed by atoms with Gasteiger partial charge >= 0.3 is 0 Å². The molecule has 5 nitrogen and oxygen atoms in total. The van der Waals surface area contributed by atoms with Crippen molar-refractivity contribution in [1.82, 2.24) is 5.32 Å². The van der Waals surface area contributed by atoms with Crippen LogP contribution in [0.1, 0.15) is 5.56 Å². The lowest BCUT2D eigenvalue weighted by molar-refractivity contribution is 0.354. The van der Waals surface area contributed by atoms with Crippen LogP contribution in [0, 0.1) is 0 Å². The minimum Gasteiger partial charge on any atom is -0.493 e. The number of aliphatic imine (C=N–C) groups is 1. The summed E-state index contributed by atoms with van der Waals surface area (Å²) in [6, 6.07) is 5.71. The van der Waals surface area contributed by atoms with Crippen molar-refractivity contribution in [1.29, 1.82) is 0 Å². The lowest BCUT2D eigenvalue weighted by Gasteiger charge is -2.09. The summed E-state index contributed by atoms with van der Waals surface area (Å²) in [5.74, 6) is 2.88. The maximum Gasteiger partial charge on any atom is 0.188 e. The normalized spacial score (nSPS) is 11.2. The predicted molar refractivity (Wildman–Crippen MR) is 81.3 cm³/mol. The van der Waals surface area contributed by atoms with E-state index in [1.807, 2.05) is 18.2 Å². The monoisotopic (exact) mass is 283 g/mol. The van der Waals surface area contributed by atoms with E-state index in [-0.39, 0.29) is 0 Å². The molecular weight excluding hydrogens is 262 g/mol. The molecule has 0 aliphatic heterocycles. The van der Waals surface area contributed by atoms with E-state index in [1.165, 1.54) is 0 Å². The standard InChI is InChI=1S/C13H21N3O2S/c1-17-11-5-4-10(8-12(11)18-2)9-16-13(14)15-6-7-19-3/h4-5,8H,6-7,9H2,1-3H3,(H3,14,15,16). The molecule has 19 heavy (non-hydrogen) atoms. The van der Waals surface area contributed by atoms with Gasteiger partial charge in [-0.1, -0.05) is 6.07 Å². The number of ether oxygens (including phenoxy) is 2. The number of hydrogen-bond donors (Lipinski definition) is 2. The predicted octanol–water partition coefficient (Wildman–Crippen LogP) is 1.47. The second-order valence-corrected chi connectivity index (χ2v) is 4.80. The van der Waals surface area contributed by atoms with Gasteiger partial charge in [-0.2, -0.15) is 11.8 Å². The first-order chi connectivity index (χ1) is 9.21. The number of benzene rings is 1. The molecule has 0 unspecified atom stereocenters. The molecule has 0 saturated carbocycles. The van der Waals surface area contributed by atoms with E-state index in [9.17, 15) is 0 Å². The lowest BCUT2D eigenvalue weighted by atomic mass is 10.2. The number of thioether (sulfide) groups is 1. The Morgan fingerprint density at radius 3 is 2.68 bits per heavy atom. The van der Waals surface area contributed by atoms with Gasteiger partial charge in [-0.25, -0.2) is 4.99 Å². The third-order valence-corrected chi connectivity index (χ3v) is 3.10.